The fraction of sp³-hybridized carbons (Fsp3) is 0.348. The Kier molecular flexibility index (Phi) is 6.57. The van der Waals surface area contributed by atoms with Gasteiger partial charge in [0.2, 0.25) is 15.9 Å². The summed E-state index contributed by atoms with van der Waals surface area (Å²) < 4.78 is 40.4. The first-order valence-corrected chi connectivity index (χ1v) is 12.2. The van der Waals surface area contributed by atoms with E-state index in [1.165, 1.54) is 21.4 Å². The Labute approximate surface area is 192 Å². The number of carbonyl (C=O) groups excluding carboxylic acids is 2. The highest BCUT2D eigenvalue weighted by Crippen LogP contribution is 2.23. The molecular weight excluding hydrogens is 447 g/mol. The lowest BCUT2D eigenvalue weighted by Crippen LogP contribution is -2.43. The van der Waals surface area contributed by atoms with Crippen molar-refractivity contribution in [1.82, 2.24) is 9.21 Å². The van der Waals surface area contributed by atoms with E-state index in [1.54, 1.807) is 11.0 Å². The summed E-state index contributed by atoms with van der Waals surface area (Å²) in [7, 11) is -3.79. The molecule has 0 atom stereocenters. The normalized spacial score (nSPS) is 18.1. The Morgan fingerprint density at radius 3 is 2.48 bits per heavy atom. The molecule has 1 fully saturated rings. The highest BCUT2D eigenvalue weighted by atomic mass is 32.2. The molecule has 0 bridgehead atoms. The number of aryl methyl sites for hydroxylation is 1. The van der Waals surface area contributed by atoms with Gasteiger partial charge in [0, 0.05) is 39.0 Å². The minimum atomic E-state index is -3.79. The molecule has 10 heteroatoms. The highest BCUT2D eigenvalue weighted by molar-refractivity contribution is 7.89. The van der Waals surface area contributed by atoms with E-state index < -0.39 is 15.8 Å². The summed E-state index contributed by atoms with van der Waals surface area (Å²) in [4.78, 5) is 27.2. The van der Waals surface area contributed by atoms with Crippen molar-refractivity contribution in [3.8, 4) is 0 Å². The smallest absolute Gasteiger partial charge is 0.270 e. The Hall–Kier alpha value is -3.11. The maximum Gasteiger partial charge on any atom is 0.270 e. The molecule has 2 aliphatic heterocycles. The third-order valence-corrected chi connectivity index (χ3v) is 7.63. The number of halogens is 1. The van der Waals surface area contributed by atoms with E-state index in [2.05, 4.69) is 5.10 Å². The Morgan fingerprint density at radius 1 is 1.00 bits per heavy atom. The van der Waals surface area contributed by atoms with Crippen molar-refractivity contribution < 1.29 is 22.4 Å². The number of carbonyl (C=O) groups is 2. The minimum Gasteiger partial charge on any atom is -0.336 e. The average molecular weight is 473 g/mol. The number of sulfonamides is 1. The maximum absolute atomic E-state index is 13.2. The fourth-order valence-electron chi connectivity index (χ4n) is 3.94. The molecule has 0 aromatic heterocycles. The van der Waals surface area contributed by atoms with Crippen LogP contribution in [0.4, 0.5) is 10.1 Å². The Morgan fingerprint density at radius 2 is 1.76 bits per heavy atom. The van der Waals surface area contributed by atoms with Crippen LogP contribution in [-0.2, 0) is 19.6 Å². The third kappa shape index (κ3) is 4.96. The van der Waals surface area contributed by atoms with Crippen molar-refractivity contribution >= 4 is 33.2 Å². The number of hydrazone groups is 1. The summed E-state index contributed by atoms with van der Waals surface area (Å²) in [5.41, 5.74) is 1.87. The standard InChI is InChI=1S/C23H25FN4O4S/c1-17-4-2-5-19(16-17)28-22(29)11-10-21(25-28)23(30)26-12-3-13-27(15-14-26)33(31,32)20-8-6-18(24)7-9-20/h2,4-9,16H,3,10-15H2,1H3. The topological polar surface area (TPSA) is 90.4 Å². The van der Waals surface area contributed by atoms with Crippen LogP contribution in [0.1, 0.15) is 24.8 Å². The molecule has 2 aromatic rings. The van der Waals surface area contributed by atoms with Crippen molar-refractivity contribution in [3.05, 3.63) is 59.9 Å². The lowest BCUT2D eigenvalue weighted by atomic mass is 10.1. The van der Waals surface area contributed by atoms with Crippen LogP contribution in [0.5, 0.6) is 0 Å². The molecule has 174 valence electrons. The van der Waals surface area contributed by atoms with Crippen LogP contribution in [-0.4, -0.2) is 61.3 Å². The van der Waals surface area contributed by atoms with Crippen molar-refractivity contribution in [1.29, 1.82) is 0 Å². The van der Waals surface area contributed by atoms with Crippen molar-refractivity contribution in [2.75, 3.05) is 31.2 Å². The second-order valence-electron chi connectivity index (χ2n) is 8.09. The van der Waals surface area contributed by atoms with Crippen LogP contribution in [0.15, 0.2) is 58.5 Å². The van der Waals surface area contributed by atoms with Gasteiger partial charge in [0.15, 0.2) is 0 Å². The Bertz CT molecular complexity index is 1200. The Balaban J connectivity index is 1.49. The van der Waals surface area contributed by atoms with Gasteiger partial charge < -0.3 is 4.90 Å². The van der Waals surface area contributed by atoms with Gasteiger partial charge in [0.05, 0.1) is 10.6 Å². The van der Waals surface area contributed by atoms with Gasteiger partial charge >= 0.3 is 0 Å². The number of benzene rings is 2. The van der Waals surface area contributed by atoms with Crippen LogP contribution in [0.3, 0.4) is 0 Å². The summed E-state index contributed by atoms with van der Waals surface area (Å²) in [6.07, 6.45) is 0.880. The SMILES string of the molecule is Cc1cccc(N2N=C(C(=O)N3CCCN(S(=O)(=O)c4ccc(F)cc4)CC3)CCC2=O)c1. The molecule has 0 N–H and O–H groups in total. The van der Waals surface area contributed by atoms with Gasteiger partial charge in [0.1, 0.15) is 11.5 Å². The quantitative estimate of drug-likeness (QED) is 0.684. The molecule has 0 radical (unpaired) electrons. The molecule has 4 rings (SSSR count). The van der Waals surface area contributed by atoms with E-state index >= 15 is 0 Å². The summed E-state index contributed by atoms with van der Waals surface area (Å²) in [5.74, 6) is -0.973. The monoisotopic (exact) mass is 472 g/mol. The van der Waals surface area contributed by atoms with Crippen LogP contribution >= 0.6 is 0 Å². The number of hydrogen-bond acceptors (Lipinski definition) is 5. The lowest BCUT2D eigenvalue weighted by Gasteiger charge is -2.27. The molecule has 0 saturated carbocycles. The first kappa shape index (κ1) is 23.1. The van der Waals surface area contributed by atoms with Gasteiger partial charge in [-0.15, -0.1) is 0 Å². The van der Waals surface area contributed by atoms with Gasteiger partial charge in [-0.25, -0.2) is 17.8 Å². The first-order chi connectivity index (χ1) is 15.8. The van der Waals surface area contributed by atoms with Crippen LogP contribution in [0, 0.1) is 12.7 Å². The first-order valence-electron chi connectivity index (χ1n) is 10.8. The summed E-state index contributed by atoms with van der Waals surface area (Å²) in [6, 6.07) is 12.1. The maximum atomic E-state index is 13.2. The largest absolute Gasteiger partial charge is 0.336 e. The molecule has 0 aliphatic carbocycles. The fourth-order valence-corrected chi connectivity index (χ4v) is 5.41. The highest BCUT2D eigenvalue weighted by Gasteiger charge is 2.32. The van der Waals surface area contributed by atoms with Gasteiger partial charge in [-0.05, 0) is 55.3 Å². The zero-order chi connectivity index (χ0) is 23.6. The van der Waals surface area contributed by atoms with Crippen molar-refractivity contribution in [3.63, 3.8) is 0 Å². The predicted octanol–water partition coefficient (Wildman–Crippen LogP) is 2.54. The average Bonchev–Trinajstić information content (AvgIpc) is 3.06. The number of hydrogen-bond donors (Lipinski definition) is 0. The summed E-state index contributed by atoms with van der Waals surface area (Å²) in [5, 5.41) is 5.62. The van der Waals surface area contributed by atoms with Gasteiger partial charge in [0.25, 0.3) is 5.91 Å². The van der Waals surface area contributed by atoms with E-state index in [1.807, 2.05) is 25.1 Å². The zero-order valence-corrected chi connectivity index (χ0v) is 19.1. The van der Waals surface area contributed by atoms with E-state index in [4.69, 9.17) is 0 Å². The van der Waals surface area contributed by atoms with Gasteiger partial charge in [-0.3, -0.25) is 9.59 Å². The third-order valence-electron chi connectivity index (χ3n) is 5.72. The number of rotatable bonds is 4. The number of anilines is 1. The summed E-state index contributed by atoms with van der Waals surface area (Å²) in [6.45, 7) is 2.88. The van der Waals surface area contributed by atoms with Gasteiger partial charge in [-0.2, -0.15) is 9.41 Å². The summed E-state index contributed by atoms with van der Waals surface area (Å²) >= 11 is 0. The molecule has 2 heterocycles. The van der Waals surface area contributed by atoms with Crippen molar-refractivity contribution in [2.45, 2.75) is 31.1 Å². The molecule has 0 unspecified atom stereocenters. The number of nitrogens with zero attached hydrogens (tertiary/aromatic N) is 4. The van der Waals surface area contributed by atoms with Gasteiger partial charge in [-0.1, -0.05) is 12.1 Å². The second-order valence-corrected chi connectivity index (χ2v) is 10.0. The zero-order valence-electron chi connectivity index (χ0n) is 18.3. The second kappa shape index (κ2) is 9.40. The molecule has 8 nitrogen and oxygen atoms in total. The predicted molar refractivity (Wildman–Crippen MR) is 122 cm³/mol. The van der Waals surface area contributed by atoms with E-state index in [0.29, 0.717) is 18.7 Å². The molecular formula is C23H25FN4O4S. The molecule has 2 aromatic carbocycles. The molecule has 33 heavy (non-hydrogen) atoms. The molecule has 2 amide bonds. The van der Waals surface area contributed by atoms with Crippen LogP contribution < -0.4 is 5.01 Å². The van der Waals surface area contributed by atoms with E-state index in [0.717, 1.165) is 17.7 Å². The van der Waals surface area contributed by atoms with Crippen LogP contribution in [0.2, 0.25) is 0 Å². The molecule has 1 saturated heterocycles. The number of amides is 2. The van der Waals surface area contributed by atoms with E-state index in [9.17, 15) is 22.4 Å². The minimum absolute atomic E-state index is 0.0210. The van der Waals surface area contributed by atoms with E-state index in [-0.39, 0.29) is 54.9 Å². The van der Waals surface area contributed by atoms with Crippen molar-refractivity contribution in [2.24, 2.45) is 5.10 Å². The lowest BCUT2D eigenvalue weighted by molar-refractivity contribution is -0.124. The molecule has 2 aliphatic rings. The van der Waals surface area contributed by atoms with Crippen LogP contribution in [0.25, 0.3) is 0 Å². The molecule has 0 spiro atoms.